The molecule has 29 heavy (non-hydrogen) atoms. The molecule has 1 atom stereocenters. The zero-order valence-corrected chi connectivity index (χ0v) is 16.6. The number of piperazine rings is 1. The number of carbonyl (C=O) groups excluding carboxylic acids is 2. The number of benzene rings is 1. The average Bonchev–Trinajstić information content (AvgIpc) is 2.76. The van der Waals surface area contributed by atoms with Gasteiger partial charge in [0.2, 0.25) is 11.8 Å². The lowest BCUT2D eigenvalue weighted by Gasteiger charge is -2.35. The SMILES string of the molecule is CCN1CCN(c2cc(NC3CCC(=O)NC3=O)nc(-c3ccccc3)n2)CC1. The minimum absolute atomic E-state index is 0.227. The molecule has 3 heterocycles. The Kier molecular flexibility index (Phi) is 5.71. The Morgan fingerprint density at radius 1 is 1.10 bits per heavy atom. The number of likely N-dealkylation sites (N-methyl/N-ethyl adjacent to an activating group) is 1. The number of anilines is 2. The topological polar surface area (TPSA) is 90.5 Å². The molecule has 2 saturated heterocycles. The summed E-state index contributed by atoms with van der Waals surface area (Å²) >= 11 is 0. The van der Waals surface area contributed by atoms with Gasteiger partial charge in [-0.2, -0.15) is 0 Å². The predicted molar refractivity (Wildman–Crippen MR) is 112 cm³/mol. The van der Waals surface area contributed by atoms with E-state index < -0.39 is 6.04 Å². The van der Waals surface area contributed by atoms with Crippen molar-refractivity contribution in [1.82, 2.24) is 20.2 Å². The highest BCUT2D eigenvalue weighted by Gasteiger charge is 2.27. The summed E-state index contributed by atoms with van der Waals surface area (Å²) in [7, 11) is 0. The van der Waals surface area contributed by atoms with Gasteiger partial charge in [-0.1, -0.05) is 37.3 Å². The van der Waals surface area contributed by atoms with Crippen molar-refractivity contribution >= 4 is 23.5 Å². The summed E-state index contributed by atoms with van der Waals surface area (Å²) in [6.07, 6.45) is 0.783. The molecule has 8 heteroatoms. The molecular weight excluding hydrogens is 368 g/mol. The Balaban J connectivity index is 1.62. The molecule has 0 spiro atoms. The van der Waals surface area contributed by atoms with Gasteiger partial charge in [-0.25, -0.2) is 9.97 Å². The third-order valence-electron chi connectivity index (χ3n) is 5.45. The highest BCUT2D eigenvalue weighted by molar-refractivity contribution is 6.01. The number of aromatic nitrogens is 2. The summed E-state index contributed by atoms with van der Waals surface area (Å²) in [6, 6.07) is 11.2. The van der Waals surface area contributed by atoms with E-state index in [1.165, 1.54) is 0 Å². The smallest absolute Gasteiger partial charge is 0.249 e. The van der Waals surface area contributed by atoms with Gasteiger partial charge in [0.15, 0.2) is 5.82 Å². The van der Waals surface area contributed by atoms with Gasteiger partial charge in [0.1, 0.15) is 17.7 Å². The van der Waals surface area contributed by atoms with E-state index in [1.54, 1.807) is 0 Å². The summed E-state index contributed by atoms with van der Waals surface area (Å²) in [4.78, 5) is 37.7. The number of nitrogens with zero attached hydrogens (tertiary/aromatic N) is 4. The van der Waals surface area contributed by atoms with Crippen LogP contribution in [0, 0.1) is 0 Å². The van der Waals surface area contributed by atoms with Crippen molar-refractivity contribution in [2.24, 2.45) is 0 Å². The van der Waals surface area contributed by atoms with E-state index in [0.29, 0.717) is 24.5 Å². The summed E-state index contributed by atoms with van der Waals surface area (Å²) < 4.78 is 0. The fourth-order valence-electron chi connectivity index (χ4n) is 3.69. The highest BCUT2D eigenvalue weighted by Crippen LogP contribution is 2.24. The second-order valence-corrected chi connectivity index (χ2v) is 7.37. The van der Waals surface area contributed by atoms with E-state index in [9.17, 15) is 9.59 Å². The number of hydrogen-bond acceptors (Lipinski definition) is 7. The molecule has 0 saturated carbocycles. The Labute approximate surface area is 170 Å². The van der Waals surface area contributed by atoms with Crippen molar-refractivity contribution in [3.05, 3.63) is 36.4 Å². The first-order valence-electron chi connectivity index (χ1n) is 10.1. The number of imide groups is 1. The minimum atomic E-state index is -0.476. The fraction of sp³-hybridized carbons (Fsp3) is 0.429. The Bertz CT molecular complexity index is 880. The lowest BCUT2D eigenvalue weighted by atomic mass is 10.1. The number of rotatable bonds is 5. The van der Waals surface area contributed by atoms with Gasteiger partial charge in [0.05, 0.1) is 0 Å². The molecule has 152 valence electrons. The molecule has 2 aromatic rings. The van der Waals surface area contributed by atoms with E-state index in [1.807, 2.05) is 36.4 Å². The molecule has 4 rings (SSSR count). The lowest BCUT2D eigenvalue weighted by molar-refractivity contribution is -0.133. The van der Waals surface area contributed by atoms with Crippen molar-refractivity contribution in [3.63, 3.8) is 0 Å². The van der Waals surface area contributed by atoms with Crippen LogP contribution in [0.1, 0.15) is 19.8 Å². The van der Waals surface area contributed by atoms with Gasteiger partial charge in [-0.15, -0.1) is 0 Å². The van der Waals surface area contributed by atoms with Crippen LogP contribution in [0.25, 0.3) is 11.4 Å². The maximum absolute atomic E-state index is 12.2. The van der Waals surface area contributed by atoms with E-state index in [0.717, 1.165) is 44.1 Å². The van der Waals surface area contributed by atoms with E-state index in [2.05, 4.69) is 32.3 Å². The second-order valence-electron chi connectivity index (χ2n) is 7.37. The number of carbonyl (C=O) groups is 2. The van der Waals surface area contributed by atoms with Gasteiger partial charge in [-0.3, -0.25) is 14.9 Å². The van der Waals surface area contributed by atoms with Crippen LogP contribution in [-0.4, -0.2) is 65.4 Å². The van der Waals surface area contributed by atoms with Crippen molar-refractivity contribution in [2.45, 2.75) is 25.8 Å². The maximum Gasteiger partial charge on any atom is 0.249 e. The first-order valence-corrected chi connectivity index (χ1v) is 10.1. The Morgan fingerprint density at radius 3 is 2.55 bits per heavy atom. The third kappa shape index (κ3) is 4.54. The van der Waals surface area contributed by atoms with Gasteiger partial charge in [0.25, 0.3) is 0 Å². The van der Waals surface area contributed by atoms with Gasteiger partial charge < -0.3 is 15.1 Å². The third-order valence-corrected chi connectivity index (χ3v) is 5.45. The second kappa shape index (κ2) is 8.57. The number of nitrogens with one attached hydrogen (secondary N) is 2. The fourth-order valence-corrected chi connectivity index (χ4v) is 3.69. The monoisotopic (exact) mass is 394 g/mol. The van der Waals surface area contributed by atoms with Crippen LogP contribution in [0.4, 0.5) is 11.6 Å². The molecule has 2 aliphatic rings. The van der Waals surface area contributed by atoms with Gasteiger partial charge in [-0.05, 0) is 13.0 Å². The molecule has 2 amide bonds. The van der Waals surface area contributed by atoms with E-state index in [4.69, 9.17) is 4.98 Å². The summed E-state index contributed by atoms with van der Waals surface area (Å²) in [5, 5.41) is 5.59. The summed E-state index contributed by atoms with van der Waals surface area (Å²) in [5.74, 6) is 1.54. The molecular formula is C21H26N6O2. The van der Waals surface area contributed by atoms with Crippen molar-refractivity contribution in [3.8, 4) is 11.4 Å². The molecule has 1 aromatic carbocycles. The molecule has 2 N–H and O–H groups in total. The molecule has 8 nitrogen and oxygen atoms in total. The van der Waals surface area contributed by atoms with Gasteiger partial charge in [0, 0.05) is 44.2 Å². The summed E-state index contributed by atoms with van der Waals surface area (Å²) in [5.41, 5.74) is 0.924. The largest absolute Gasteiger partial charge is 0.358 e. The van der Waals surface area contributed by atoms with Crippen LogP contribution in [0.15, 0.2) is 36.4 Å². The van der Waals surface area contributed by atoms with Crippen LogP contribution in [0.3, 0.4) is 0 Å². The zero-order chi connectivity index (χ0) is 20.2. The molecule has 0 aliphatic carbocycles. The van der Waals surface area contributed by atoms with E-state index >= 15 is 0 Å². The Hall–Kier alpha value is -3.00. The normalized spacial score (nSPS) is 20.4. The van der Waals surface area contributed by atoms with Crippen LogP contribution < -0.4 is 15.5 Å². The van der Waals surface area contributed by atoms with Crippen molar-refractivity contribution < 1.29 is 9.59 Å². The minimum Gasteiger partial charge on any atom is -0.358 e. The number of hydrogen-bond donors (Lipinski definition) is 2. The first-order chi connectivity index (χ1) is 14.1. The molecule has 1 unspecified atom stereocenters. The molecule has 2 aliphatic heterocycles. The Morgan fingerprint density at radius 2 is 1.86 bits per heavy atom. The molecule has 2 fully saturated rings. The van der Waals surface area contributed by atoms with E-state index in [-0.39, 0.29) is 11.8 Å². The lowest BCUT2D eigenvalue weighted by Crippen LogP contribution is -2.47. The van der Waals surface area contributed by atoms with Gasteiger partial charge >= 0.3 is 0 Å². The maximum atomic E-state index is 12.2. The van der Waals surface area contributed by atoms with Crippen LogP contribution >= 0.6 is 0 Å². The van der Waals surface area contributed by atoms with Crippen molar-refractivity contribution in [2.75, 3.05) is 42.9 Å². The zero-order valence-electron chi connectivity index (χ0n) is 16.6. The molecule has 0 bridgehead atoms. The van der Waals surface area contributed by atoms with Crippen molar-refractivity contribution in [1.29, 1.82) is 0 Å². The molecule has 1 aromatic heterocycles. The number of amides is 2. The number of piperidine rings is 1. The summed E-state index contributed by atoms with van der Waals surface area (Å²) in [6.45, 7) is 7.02. The quantitative estimate of drug-likeness (QED) is 0.743. The average molecular weight is 394 g/mol. The predicted octanol–water partition coefficient (Wildman–Crippen LogP) is 1.50. The van der Waals surface area contributed by atoms with Crippen LogP contribution in [0.2, 0.25) is 0 Å². The van der Waals surface area contributed by atoms with Crippen LogP contribution in [0.5, 0.6) is 0 Å². The van der Waals surface area contributed by atoms with Crippen LogP contribution in [-0.2, 0) is 9.59 Å². The first kappa shape index (κ1) is 19.3. The molecule has 0 radical (unpaired) electrons. The standard InChI is InChI=1S/C21H26N6O2/c1-2-26-10-12-27(13-11-26)18-14-17(22-16-8-9-19(28)25-21(16)29)23-20(24-18)15-6-4-3-5-7-15/h3-7,14,16H,2,8-13H2,1H3,(H,22,23,24)(H,25,28,29). The highest BCUT2D eigenvalue weighted by atomic mass is 16.2.